The minimum Gasteiger partial charge on any atom is -0.391 e. The molecule has 15 heavy (non-hydrogen) atoms. The molecule has 0 spiro atoms. The van der Waals surface area contributed by atoms with Crippen molar-refractivity contribution in [3.63, 3.8) is 0 Å². The van der Waals surface area contributed by atoms with E-state index in [0.29, 0.717) is 13.2 Å². The van der Waals surface area contributed by atoms with Crippen LogP contribution in [0.1, 0.15) is 46.0 Å². The van der Waals surface area contributed by atoms with Crippen LogP contribution >= 0.6 is 0 Å². The highest BCUT2D eigenvalue weighted by Crippen LogP contribution is 2.28. The molecule has 0 saturated heterocycles. The van der Waals surface area contributed by atoms with E-state index >= 15 is 0 Å². The Balaban J connectivity index is 2.05. The first-order valence-electron chi connectivity index (χ1n) is 6.02. The van der Waals surface area contributed by atoms with Crippen molar-refractivity contribution in [2.45, 2.75) is 57.6 Å². The van der Waals surface area contributed by atoms with E-state index in [1.807, 2.05) is 13.8 Å². The van der Waals surface area contributed by atoms with Gasteiger partial charge in [0, 0.05) is 5.54 Å². The molecule has 1 unspecified atom stereocenters. The Bertz CT molecular complexity index is 171. The third-order valence-corrected chi connectivity index (χ3v) is 2.86. The van der Waals surface area contributed by atoms with Gasteiger partial charge in [-0.25, -0.2) is 0 Å². The number of hydrogen-bond acceptors (Lipinski definition) is 3. The van der Waals surface area contributed by atoms with Gasteiger partial charge in [-0.2, -0.15) is 0 Å². The average Bonchev–Trinajstić information content (AvgIpc) is 2.54. The van der Waals surface area contributed by atoms with E-state index in [1.165, 1.54) is 25.7 Å². The SMILES string of the molecule is CC(C)(N)COCC(O)CC1CCCC1. The molecule has 3 N–H and O–H groups in total. The van der Waals surface area contributed by atoms with Gasteiger partial charge in [0.25, 0.3) is 0 Å². The van der Waals surface area contributed by atoms with E-state index in [1.54, 1.807) is 0 Å². The van der Waals surface area contributed by atoms with Crippen molar-refractivity contribution in [2.24, 2.45) is 11.7 Å². The number of aliphatic hydroxyl groups excluding tert-OH is 1. The summed E-state index contributed by atoms with van der Waals surface area (Å²) in [6.07, 6.45) is 5.79. The molecule has 0 amide bonds. The van der Waals surface area contributed by atoms with Crippen molar-refractivity contribution in [2.75, 3.05) is 13.2 Å². The maximum Gasteiger partial charge on any atom is 0.0776 e. The molecule has 0 aliphatic heterocycles. The van der Waals surface area contributed by atoms with Gasteiger partial charge in [-0.15, -0.1) is 0 Å². The summed E-state index contributed by atoms with van der Waals surface area (Å²) in [5, 5.41) is 9.74. The van der Waals surface area contributed by atoms with Crippen molar-refractivity contribution in [3.05, 3.63) is 0 Å². The van der Waals surface area contributed by atoms with E-state index < -0.39 is 0 Å². The first-order valence-corrected chi connectivity index (χ1v) is 6.02. The number of nitrogens with two attached hydrogens (primary N) is 1. The fraction of sp³-hybridized carbons (Fsp3) is 1.00. The lowest BCUT2D eigenvalue weighted by Gasteiger charge is -2.21. The molecule has 0 aromatic rings. The molecule has 1 aliphatic rings. The van der Waals surface area contributed by atoms with Crippen molar-refractivity contribution < 1.29 is 9.84 Å². The molecule has 0 aromatic heterocycles. The van der Waals surface area contributed by atoms with Crippen LogP contribution in [0.5, 0.6) is 0 Å². The molecule has 0 bridgehead atoms. The average molecular weight is 215 g/mol. The van der Waals surface area contributed by atoms with Crippen molar-refractivity contribution in [1.82, 2.24) is 0 Å². The molecule has 3 heteroatoms. The zero-order chi connectivity index (χ0) is 11.3. The van der Waals surface area contributed by atoms with E-state index in [-0.39, 0.29) is 11.6 Å². The summed E-state index contributed by atoms with van der Waals surface area (Å²) in [6, 6.07) is 0. The molecule has 1 aliphatic carbocycles. The van der Waals surface area contributed by atoms with Gasteiger partial charge in [-0.3, -0.25) is 0 Å². The molecule has 1 atom stereocenters. The van der Waals surface area contributed by atoms with Crippen molar-refractivity contribution in [1.29, 1.82) is 0 Å². The Morgan fingerprint density at radius 2 is 2.00 bits per heavy atom. The number of hydrogen-bond donors (Lipinski definition) is 2. The predicted molar refractivity (Wildman–Crippen MR) is 61.7 cm³/mol. The van der Waals surface area contributed by atoms with Crippen LogP contribution in [0, 0.1) is 5.92 Å². The normalized spacial score (nSPS) is 20.8. The van der Waals surface area contributed by atoms with Crippen molar-refractivity contribution >= 4 is 0 Å². The molecule has 90 valence electrons. The first-order chi connectivity index (χ1) is 6.97. The Morgan fingerprint density at radius 1 is 1.40 bits per heavy atom. The van der Waals surface area contributed by atoms with Crippen LogP contribution in [0.15, 0.2) is 0 Å². The van der Waals surface area contributed by atoms with Crippen LogP contribution in [0.2, 0.25) is 0 Å². The van der Waals surface area contributed by atoms with Crippen LogP contribution < -0.4 is 5.73 Å². The topological polar surface area (TPSA) is 55.5 Å². The predicted octanol–water partition coefficient (Wildman–Crippen LogP) is 1.68. The zero-order valence-electron chi connectivity index (χ0n) is 10.0. The summed E-state index contributed by atoms with van der Waals surface area (Å²) in [4.78, 5) is 0. The quantitative estimate of drug-likeness (QED) is 0.709. The van der Waals surface area contributed by atoms with Crippen LogP contribution in [0.25, 0.3) is 0 Å². The van der Waals surface area contributed by atoms with Gasteiger partial charge in [0.05, 0.1) is 19.3 Å². The molecule has 0 heterocycles. The maximum absolute atomic E-state index is 9.74. The third-order valence-electron chi connectivity index (χ3n) is 2.86. The fourth-order valence-corrected chi connectivity index (χ4v) is 2.16. The Kier molecular flexibility index (Phi) is 5.03. The molecular weight excluding hydrogens is 190 g/mol. The van der Waals surface area contributed by atoms with Gasteiger partial charge >= 0.3 is 0 Å². The summed E-state index contributed by atoms with van der Waals surface area (Å²) >= 11 is 0. The van der Waals surface area contributed by atoms with E-state index in [2.05, 4.69) is 0 Å². The van der Waals surface area contributed by atoms with Crippen LogP contribution in [0.3, 0.4) is 0 Å². The molecule has 0 radical (unpaired) electrons. The second kappa shape index (κ2) is 5.83. The molecule has 1 rings (SSSR count). The number of aliphatic hydroxyl groups is 1. The Labute approximate surface area is 93.0 Å². The number of rotatable bonds is 6. The van der Waals surface area contributed by atoms with Gasteiger partial charge in [-0.1, -0.05) is 25.7 Å². The first kappa shape index (κ1) is 12.9. The smallest absolute Gasteiger partial charge is 0.0776 e. The second-order valence-electron chi connectivity index (χ2n) is 5.54. The second-order valence-corrected chi connectivity index (χ2v) is 5.54. The number of ether oxygens (including phenoxy) is 1. The standard InChI is InChI=1S/C12H25NO2/c1-12(2,13)9-15-8-11(14)7-10-5-3-4-6-10/h10-11,14H,3-9,13H2,1-2H3. The zero-order valence-corrected chi connectivity index (χ0v) is 10.0. The fourth-order valence-electron chi connectivity index (χ4n) is 2.16. The summed E-state index contributed by atoms with van der Waals surface area (Å²) in [6.45, 7) is 4.79. The largest absolute Gasteiger partial charge is 0.391 e. The van der Waals surface area contributed by atoms with Crippen LogP contribution in [0.4, 0.5) is 0 Å². The highest BCUT2D eigenvalue weighted by atomic mass is 16.5. The van der Waals surface area contributed by atoms with E-state index in [4.69, 9.17) is 10.5 Å². The van der Waals surface area contributed by atoms with E-state index in [0.717, 1.165) is 12.3 Å². The minimum atomic E-state index is -0.310. The summed E-state index contributed by atoms with van der Waals surface area (Å²) in [7, 11) is 0. The third kappa shape index (κ3) is 6.13. The minimum absolute atomic E-state index is 0.299. The summed E-state index contributed by atoms with van der Waals surface area (Å²) in [5.41, 5.74) is 5.48. The van der Waals surface area contributed by atoms with Crippen LogP contribution in [-0.4, -0.2) is 30.0 Å². The van der Waals surface area contributed by atoms with Gasteiger partial charge < -0.3 is 15.6 Å². The molecule has 0 aromatic carbocycles. The highest BCUT2D eigenvalue weighted by molar-refractivity contribution is 4.73. The lowest BCUT2D eigenvalue weighted by Crippen LogP contribution is -2.38. The van der Waals surface area contributed by atoms with Gasteiger partial charge in [-0.05, 0) is 26.2 Å². The van der Waals surface area contributed by atoms with Gasteiger partial charge in [0.1, 0.15) is 0 Å². The molecular formula is C12H25NO2. The summed E-state index contributed by atoms with van der Waals surface area (Å²) < 4.78 is 5.40. The van der Waals surface area contributed by atoms with Crippen molar-refractivity contribution in [3.8, 4) is 0 Å². The molecule has 3 nitrogen and oxygen atoms in total. The Hall–Kier alpha value is -0.120. The molecule has 1 saturated carbocycles. The highest BCUT2D eigenvalue weighted by Gasteiger charge is 2.19. The van der Waals surface area contributed by atoms with Gasteiger partial charge in [0.15, 0.2) is 0 Å². The van der Waals surface area contributed by atoms with Gasteiger partial charge in [0.2, 0.25) is 0 Å². The Morgan fingerprint density at radius 3 is 2.53 bits per heavy atom. The molecule has 1 fully saturated rings. The lowest BCUT2D eigenvalue weighted by atomic mass is 10.0. The van der Waals surface area contributed by atoms with E-state index in [9.17, 15) is 5.11 Å². The summed E-state index contributed by atoms with van der Waals surface area (Å²) in [5.74, 6) is 0.717. The monoisotopic (exact) mass is 215 g/mol. The lowest BCUT2D eigenvalue weighted by molar-refractivity contribution is 0.0101. The maximum atomic E-state index is 9.74. The van der Waals surface area contributed by atoms with Crippen LogP contribution in [-0.2, 0) is 4.74 Å².